The van der Waals surface area contributed by atoms with Gasteiger partial charge >= 0.3 is 17.1 Å². The van der Waals surface area contributed by atoms with E-state index < -0.39 is 0 Å². The van der Waals surface area contributed by atoms with Crippen molar-refractivity contribution in [1.29, 1.82) is 0 Å². The third kappa shape index (κ3) is 9.59. The summed E-state index contributed by atoms with van der Waals surface area (Å²) in [4.78, 5) is 21.8. The molecule has 145 valence electrons. The molecule has 0 unspecified atom stereocenters. The number of hydrogen-bond donors (Lipinski definition) is 0. The molecule has 0 aromatic heterocycles. The van der Waals surface area contributed by atoms with E-state index in [1.165, 1.54) is 13.8 Å². The maximum Gasteiger partial charge on any atom is 2.00 e. The Labute approximate surface area is 170 Å². The number of benzene rings is 2. The minimum Gasteiger partial charge on any atom is -0.878 e. The second-order valence-corrected chi connectivity index (χ2v) is 5.72. The predicted molar refractivity (Wildman–Crippen MR) is 97.8 cm³/mol. The molecule has 5 heteroatoms. The van der Waals surface area contributed by atoms with Gasteiger partial charge < -0.3 is 10.2 Å². The van der Waals surface area contributed by atoms with Gasteiger partial charge in [-0.25, -0.2) is 0 Å². The van der Waals surface area contributed by atoms with Crippen molar-refractivity contribution in [2.45, 2.75) is 26.7 Å². The van der Waals surface area contributed by atoms with E-state index in [1.807, 2.05) is 60.7 Å². The number of carbonyl (C=O) groups excluding carboxylic acids is 2. The minimum atomic E-state index is -0.154. The van der Waals surface area contributed by atoms with Crippen molar-refractivity contribution in [2.24, 2.45) is 0 Å². The van der Waals surface area contributed by atoms with Gasteiger partial charge in [0, 0.05) is 0 Å². The first kappa shape index (κ1) is 24.4. The molecule has 0 amide bonds. The topological polar surface area (TPSA) is 80.3 Å². The fourth-order valence-corrected chi connectivity index (χ4v) is 2.13. The number of hydrogen-bond acceptors (Lipinski definition) is 4. The van der Waals surface area contributed by atoms with Crippen molar-refractivity contribution in [2.75, 3.05) is 0 Å². The van der Waals surface area contributed by atoms with Crippen molar-refractivity contribution in [1.82, 2.24) is 0 Å². The molecule has 2 rings (SSSR count). The van der Waals surface area contributed by atoms with Crippen LogP contribution < -0.4 is 10.2 Å². The van der Waals surface area contributed by atoms with Crippen LogP contribution in [0.25, 0.3) is 0 Å². The molecule has 0 N–H and O–H groups in total. The van der Waals surface area contributed by atoms with Crippen LogP contribution in [0.4, 0.5) is 0 Å². The Morgan fingerprint density at radius 2 is 1.00 bits per heavy atom. The van der Waals surface area contributed by atoms with Gasteiger partial charge in [-0.1, -0.05) is 60.7 Å². The van der Waals surface area contributed by atoms with Gasteiger partial charge in [-0.3, -0.25) is 9.59 Å². The molecule has 2 aromatic rings. The zero-order chi connectivity index (χ0) is 19.4. The van der Waals surface area contributed by atoms with E-state index in [9.17, 15) is 19.8 Å². The van der Waals surface area contributed by atoms with E-state index in [-0.39, 0.29) is 28.6 Å². The quantitative estimate of drug-likeness (QED) is 0.412. The molecule has 0 heterocycles. The van der Waals surface area contributed by atoms with Crippen LogP contribution in [-0.2, 0) is 39.5 Å². The van der Waals surface area contributed by atoms with Gasteiger partial charge in [-0.15, -0.1) is 12.5 Å². The van der Waals surface area contributed by atoms with E-state index in [1.54, 1.807) is 0 Å². The summed E-state index contributed by atoms with van der Waals surface area (Å²) in [5.41, 5.74) is 2.62. The number of allylic oxidation sites excluding steroid dienone is 2. The molecule has 0 fully saturated rings. The third-order valence-electron chi connectivity index (χ3n) is 3.66. The van der Waals surface area contributed by atoms with E-state index >= 15 is 0 Å². The molecule has 0 aliphatic carbocycles. The second-order valence-electron chi connectivity index (χ2n) is 5.72. The second kappa shape index (κ2) is 13.6. The van der Waals surface area contributed by atoms with Crippen molar-refractivity contribution < 1.29 is 36.9 Å². The van der Waals surface area contributed by atoms with Gasteiger partial charge in [0.1, 0.15) is 0 Å². The zero-order valence-electron chi connectivity index (χ0n) is 15.3. The molecule has 27 heavy (non-hydrogen) atoms. The predicted octanol–water partition coefficient (Wildman–Crippen LogP) is 2.12. The van der Waals surface area contributed by atoms with Gasteiger partial charge in [0.15, 0.2) is 11.6 Å². The van der Waals surface area contributed by atoms with Gasteiger partial charge in [0.05, 0.1) is 0 Å². The van der Waals surface area contributed by atoms with E-state index in [0.29, 0.717) is 36.5 Å². The Morgan fingerprint density at radius 3 is 1.22 bits per heavy atom. The summed E-state index contributed by atoms with van der Waals surface area (Å²) in [6.45, 7) is 2.82. The van der Waals surface area contributed by atoms with Crippen LogP contribution in [0.2, 0.25) is 0 Å². The molecule has 4 nitrogen and oxygen atoms in total. The van der Waals surface area contributed by atoms with Crippen LogP contribution in [0.3, 0.4) is 0 Å². The summed E-state index contributed by atoms with van der Waals surface area (Å²) >= 11 is 0. The molecule has 0 aliphatic heterocycles. The minimum absolute atomic E-state index is 0. The summed E-state index contributed by atoms with van der Waals surface area (Å²) in [5.74, 6) is -0.308. The average molecular weight is 414 g/mol. The average Bonchev–Trinajstić information content (AvgIpc) is 2.66. The summed E-state index contributed by atoms with van der Waals surface area (Å²) in [5, 5.41) is 21.0. The van der Waals surface area contributed by atoms with Crippen LogP contribution in [0.1, 0.15) is 25.0 Å². The van der Waals surface area contributed by atoms with Crippen LogP contribution >= 0.6 is 0 Å². The fraction of sp³-hybridized carbons (Fsp3) is 0.182. The van der Waals surface area contributed by atoms with Crippen molar-refractivity contribution in [3.05, 3.63) is 95.5 Å². The number of ketones is 2. The fourth-order valence-electron chi connectivity index (χ4n) is 2.13. The maximum atomic E-state index is 10.9. The molecule has 0 saturated heterocycles. The normalized spacial score (nSPS) is 10.9. The monoisotopic (exact) mass is 413 g/mol. The zero-order valence-corrected chi connectivity index (χ0v) is 16.2. The Kier molecular flexibility index (Phi) is 12.2. The molecule has 0 atom stereocenters. The largest absolute Gasteiger partial charge is 2.00 e. The smallest absolute Gasteiger partial charge is 0.878 e. The molecule has 0 spiro atoms. The molecule has 2 aromatic carbocycles. The molecular weight excluding hydrogens is 392 g/mol. The van der Waals surface area contributed by atoms with Crippen LogP contribution in [-0.4, -0.2) is 11.6 Å². The van der Waals surface area contributed by atoms with E-state index in [4.69, 9.17) is 0 Å². The standard InChI is InChI=1S/2C11H12O2.Cu/c2*1-9(13)11(8-12)7-10-5-3-2-4-6-10;/h2*2-6,8,12H,7H2,1H3;/q;;+2/p-2/b2*11-8-;. The molecule has 1 radical (unpaired) electrons. The maximum absolute atomic E-state index is 10.9. The Bertz CT molecular complexity index is 698. The summed E-state index contributed by atoms with van der Waals surface area (Å²) in [6.07, 6.45) is 2.13. The Hall–Kier alpha value is -2.62. The van der Waals surface area contributed by atoms with E-state index in [2.05, 4.69) is 0 Å². The van der Waals surface area contributed by atoms with Gasteiger partial charge in [-0.05, 0) is 49.0 Å². The Morgan fingerprint density at radius 1 is 0.704 bits per heavy atom. The first-order chi connectivity index (χ1) is 12.5. The summed E-state index contributed by atoms with van der Waals surface area (Å²) in [7, 11) is 0. The van der Waals surface area contributed by atoms with E-state index in [0.717, 1.165) is 11.1 Å². The van der Waals surface area contributed by atoms with Crippen LogP contribution in [0.15, 0.2) is 84.3 Å². The first-order valence-corrected chi connectivity index (χ1v) is 8.19. The molecule has 0 aliphatic rings. The number of Topliss-reactive ketones (excluding diaryl/α,β-unsaturated/α-hetero) is 2. The van der Waals surface area contributed by atoms with Gasteiger partial charge in [0.25, 0.3) is 0 Å². The molecular formula is C22H22CuO4. The van der Waals surface area contributed by atoms with Crippen LogP contribution in [0, 0.1) is 0 Å². The Balaban J connectivity index is 0.000000483. The molecule has 0 bridgehead atoms. The van der Waals surface area contributed by atoms with Gasteiger partial charge in [-0.2, -0.15) is 0 Å². The summed E-state index contributed by atoms with van der Waals surface area (Å²) in [6, 6.07) is 18.9. The summed E-state index contributed by atoms with van der Waals surface area (Å²) < 4.78 is 0. The third-order valence-corrected chi connectivity index (χ3v) is 3.66. The van der Waals surface area contributed by atoms with Gasteiger partial charge in [0.2, 0.25) is 0 Å². The van der Waals surface area contributed by atoms with Crippen molar-refractivity contribution >= 4 is 11.6 Å². The number of carbonyl (C=O) groups is 2. The van der Waals surface area contributed by atoms with Crippen molar-refractivity contribution in [3.8, 4) is 0 Å². The van der Waals surface area contributed by atoms with Crippen molar-refractivity contribution in [3.63, 3.8) is 0 Å². The first-order valence-electron chi connectivity index (χ1n) is 8.19. The number of rotatable bonds is 6. The molecule has 0 saturated carbocycles. The SMILES string of the molecule is CC(=O)/C(=C\[O-])Cc1ccccc1.CC(=O)/C(=C\[O-])Cc1ccccc1.[Cu+2]. The van der Waals surface area contributed by atoms with Crippen LogP contribution in [0.5, 0.6) is 0 Å².